The monoisotopic (exact) mass is 484 g/mol. The van der Waals surface area contributed by atoms with E-state index in [0.717, 1.165) is 12.7 Å². The number of ketones is 2. The van der Waals surface area contributed by atoms with E-state index in [9.17, 15) is 19.8 Å². The molecule has 3 unspecified atom stereocenters. The summed E-state index contributed by atoms with van der Waals surface area (Å²) >= 11 is 0. The molecule has 1 aliphatic carbocycles. The molecule has 0 amide bonds. The Bertz CT molecular complexity index is 891. The average molecular weight is 485 g/mol. The highest BCUT2D eigenvalue weighted by Gasteiger charge is 2.35. The molecule has 0 radical (unpaired) electrons. The Kier molecular flexibility index (Phi) is 15.5. The van der Waals surface area contributed by atoms with Crippen LogP contribution in [0.25, 0.3) is 0 Å². The fourth-order valence-electron chi connectivity index (χ4n) is 3.95. The number of Topliss-reactive ketones (excluding diaryl/α,β-unsaturated/α-hetero) is 2. The topological polar surface area (TPSA) is 94.8 Å². The van der Waals surface area contributed by atoms with Crippen LogP contribution in [0, 0.1) is 17.3 Å². The smallest absolute Gasteiger partial charge is 0.173 e. The lowest BCUT2D eigenvalue weighted by Gasteiger charge is -2.35. The molecule has 1 aromatic carbocycles. The van der Waals surface area contributed by atoms with E-state index >= 15 is 0 Å². The molecule has 194 valence electrons. The largest absolute Gasteiger partial charge is 0.507 e. The van der Waals surface area contributed by atoms with Crippen molar-refractivity contribution in [3.8, 4) is 0 Å². The fourth-order valence-corrected chi connectivity index (χ4v) is 3.95. The van der Waals surface area contributed by atoms with Crippen LogP contribution in [0.3, 0.4) is 0 Å². The van der Waals surface area contributed by atoms with Crippen LogP contribution in [0.2, 0.25) is 0 Å². The number of aliphatic hydroxyl groups is 3. The van der Waals surface area contributed by atoms with Gasteiger partial charge in [-0.2, -0.15) is 0 Å². The third-order valence-electron chi connectivity index (χ3n) is 6.45. The lowest BCUT2D eigenvalue weighted by Crippen LogP contribution is -2.33. The fraction of sp³-hybridized carbons (Fsp3) is 0.467. The first kappa shape index (κ1) is 32.2. The van der Waals surface area contributed by atoms with Crippen LogP contribution in [0.4, 0.5) is 0 Å². The molecule has 0 bridgehead atoms. The third-order valence-corrected chi connectivity index (χ3v) is 6.45. The van der Waals surface area contributed by atoms with Crippen molar-refractivity contribution in [2.75, 3.05) is 13.7 Å². The Balaban J connectivity index is 0.00000146. The van der Waals surface area contributed by atoms with Gasteiger partial charge in [-0.25, -0.2) is 0 Å². The molecular weight excluding hydrogens is 440 g/mol. The quantitative estimate of drug-likeness (QED) is 0.343. The number of hydrogen-bond donors (Lipinski definition) is 3. The lowest BCUT2D eigenvalue weighted by atomic mass is 9.70. The Hall–Kier alpha value is -2.76. The minimum absolute atomic E-state index is 0.0736. The highest BCUT2D eigenvalue weighted by Crippen LogP contribution is 2.39. The molecule has 3 N–H and O–H groups in total. The van der Waals surface area contributed by atoms with E-state index in [1.165, 1.54) is 18.6 Å². The second kappa shape index (κ2) is 16.8. The molecule has 2 rings (SSSR count). The molecule has 0 spiro atoms. The number of hydrogen-bond acceptors (Lipinski definition) is 5. The molecule has 35 heavy (non-hydrogen) atoms. The molecule has 0 heterocycles. The Labute approximate surface area is 211 Å². The van der Waals surface area contributed by atoms with Gasteiger partial charge in [-0.3, -0.25) is 9.59 Å². The van der Waals surface area contributed by atoms with Crippen molar-refractivity contribution in [2.24, 2.45) is 17.3 Å². The molecule has 0 aromatic heterocycles. The lowest BCUT2D eigenvalue weighted by molar-refractivity contribution is -0.123. The molecule has 5 heteroatoms. The average Bonchev–Trinajstić information content (AvgIpc) is 2.85. The Morgan fingerprint density at radius 1 is 1.14 bits per heavy atom. The molecule has 1 aromatic rings. The van der Waals surface area contributed by atoms with Crippen LogP contribution in [0.15, 0.2) is 78.1 Å². The maximum absolute atomic E-state index is 13.1. The van der Waals surface area contributed by atoms with Gasteiger partial charge in [-0.05, 0) is 70.9 Å². The van der Waals surface area contributed by atoms with E-state index in [-0.39, 0.29) is 29.6 Å². The zero-order chi connectivity index (χ0) is 27.0. The van der Waals surface area contributed by atoms with E-state index in [1.54, 1.807) is 12.2 Å². The van der Waals surface area contributed by atoms with Crippen molar-refractivity contribution in [1.82, 2.24) is 0 Å². The van der Waals surface area contributed by atoms with E-state index in [1.807, 2.05) is 44.2 Å². The predicted molar refractivity (Wildman–Crippen MR) is 144 cm³/mol. The first-order chi connectivity index (χ1) is 16.6. The number of allylic oxidation sites excluding steroid dienone is 5. The molecule has 0 aliphatic heterocycles. The SMILES string of the molecule is C=CCC1(CO)C=C/C(O)=C(/C(C)=O)C(=O)C(Cc2ccccc2)CCC1C.CC=C(C)C.CO. The summed E-state index contributed by atoms with van der Waals surface area (Å²) in [4.78, 5) is 25.3. The van der Waals surface area contributed by atoms with Crippen LogP contribution in [0.1, 0.15) is 59.4 Å². The minimum Gasteiger partial charge on any atom is -0.507 e. The molecule has 0 saturated carbocycles. The summed E-state index contributed by atoms with van der Waals surface area (Å²) in [5.41, 5.74) is 1.65. The maximum atomic E-state index is 13.1. The van der Waals surface area contributed by atoms with Gasteiger partial charge in [-0.15, -0.1) is 6.58 Å². The third kappa shape index (κ3) is 10.2. The molecular formula is C30H44O5. The molecule has 0 fully saturated rings. The Morgan fingerprint density at radius 2 is 1.71 bits per heavy atom. The van der Waals surface area contributed by atoms with E-state index in [2.05, 4.69) is 26.5 Å². The van der Waals surface area contributed by atoms with Crippen molar-refractivity contribution >= 4 is 11.6 Å². The van der Waals surface area contributed by atoms with Crippen LogP contribution in [-0.4, -0.2) is 40.6 Å². The van der Waals surface area contributed by atoms with Gasteiger partial charge in [-0.1, -0.05) is 61.1 Å². The summed E-state index contributed by atoms with van der Waals surface area (Å²) in [6, 6.07) is 9.68. The van der Waals surface area contributed by atoms with Crippen molar-refractivity contribution in [3.05, 3.63) is 83.7 Å². The zero-order valence-electron chi connectivity index (χ0n) is 22.3. The minimum atomic E-state index is -0.588. The molecule has 3 atom stereocenters. The van der Waals surface area contributed by atoms with Gasteiger partial charge >= 0.3 is 0 Å². The van der Waals surface area contributed by atoms with Crippen molar-refractivity contribution in [2.45, 2.75) is 60.3 Å². The highest BCUT2D eigenvalue weighted by molar-refractivity contribution is 6.20. The standard InChI is InChI=1S/C24H30O4.C5H10.CH4O/c1-4-13-24(16-25)14-12-21(27)22(18(3)26)23(28)20(11-10-17(24)2)15-19-8-6-5-7-9-19;1-4-5(2)3;1-2/h4-9,12,14,17,20,25,27H,1,10-11,13,15-16H2,2-3H3;4H,1-3H3;2H,1H3/b14-12?,22-21+;;. The predicted octanol–water partition coefficient (Wildman–Crippen LogP) is 5.94. The summed E-state index contributed by atoms with van der Waals surface area (Å²) in [6.45, 7) is 13.2. The van der Waals surface area contributed by atoms with Crippen LogP contribution in [-0.2, 0) is 16.0 Å². The summed E-state index contributed by atoms with van der Waals surface area (Å²) in [5, 5.41) is 27.6. The van der Waals surface area contributed by atoms with Gasteiger partial charge < -0.3 is 15.3 Å². The van der Waals surface area contributed by atoms with Crippen LogP contribution < -0.4 is 0 Å². The number of aliphatic hydroxyl groups excluding tert-OH is 3. The summed E-state index contributed by atoms with van der Waals surface area (Å²) < 4.78 is 0. The normalized spacial score (nSPS) is 24.2. The maximum Gasteiger partial charge on any atom is 0.173 e. The zero-order valence-corrected chi connectivity index (χ0v) is 22.3. The van der Waals surface area contributed by atoms with E-state index < -0.39 is 17.1 Å². The van der Waals surface area contributed by atoms with Gasteiger partial charge in [0.15, 0.2) is 11.6 Å². The van der Waals surface area contributed by atoms with E-state index in [0.29, 0.717) is 25.7 Å². The van der Waals surface area contributed by atoms with Crippen LogP contribution >= 0.6 is 0 Å². The number of rotatable bonds is 6. The second-order valence-corrected chi connectivity index (χ2v) is 9.13. The van der Waals surface area contributed by atoms with Gasteiger partial charge in [0, 0.05) is 18.4 Å². The van der Waals surface area contributed by atoms with Gasteiger partial charge in [0.25, 0.3) is 0 Å². The molecule has 0 saturated heterocycles. The van der Waals surface area contributed by atoms with Gasteiger partial charge in [0.05, 0.1) is 6.61 Å². The number of carbonyl (C=O) groups excluding carboxylic acids is 2. The van der Waals surface area contributed by atoms with Crippen LogP contribution in [0.5, 0.6) is 0 Å². The van der Waals surface area contributed by atoms with Gasteiger partial charge in [0.1, 0.15) is 11.3 Å². The first-order valence-corrected chi connectivity index (χ1v) is 12.1. The summed E-state index contributed by atoms with van der Waals surface area (Å²) in [7, 11) is 1.00. The van der Waals surface area contributed by atoms with Crippen molar-refractivity contribution < 1.29 is 24.9 Å². The molecule has 5 nitrogen and oxygen atoms in total. The van der Waals surface area contributed by atoms with E-state index in [4.69, 9.17) is 5.11 Å². The van der Waals surface area contributed by atoms with Crippen molar-refractivity contribution in [1.29, 1.82) is 0 Å². The molecule has 1 aliphatic rings. The summed E-state index contributed by atoms with van der Waals surface area (Å²) in [5.74, 6) is -1.42. The first-order valence-electron chi connectivity index (χ1n) is 12.1. The number of benzene rings is 1. The summed E-state index contributed by atoms with van der Waals surface area (Å²) in [6.07, 6.45) is 9.30. The Morgan fingerprint density at radius 3 is 2.17 bits per heavy atom. The second-order valence-electron chi connectivity index (χ2n) is 9.13. The highest BCUT2D eigenvalue weighted by atomic mass is 16.3. The van der Waals surface area contributed by atoms with Gasteiger partial charge in [0.2, 0.25) is 0 Å². The number of carbonyl (C=O) groups is 2. The van der Waals surface area contributed by atoms with Crippen molar-refractivity contribution in [3.63, 3.8) is 0 Å².